The Balaban J connectivity index is 1.64. The van der Waals surface area contributed by atoms with E-state index in [1.54, 1.807) is 0 Å². The lowest BCUT2D eigenvalue weighted by Crippen LogP contribution is -2.44. The third-order valence-electron chi connectivity index (χ3n) is 5.33. The third kappa shape index (κ3) is 4.42. The van der Waals surface area contributed by atoms with Gasteiger partial charge < -0.3 is 14.9 Å². The molecule has 6 heteroatoms. The van der Waals surface area contributed by atoms with Crippen molar-refractivity contribution in [2.24, 2.45) is 0 Å². The molecule has 1 aromatic rings. The Morgan fingerprint density at radius 1 is 1.08 bits per heavy atom. The minimum atomic E-state index is -0.816. The quantitative estimate of drug-likeness (QED) is 0.848. The number of rotatable bonds is 6. The van der Waals surface area contributed by atoms with Gasteiger partial charge in [0.05, 0.1) is 0 Å². The summed E-state index contributed by atoms with van der Waals surface area (Å²) in [6.45, 7) is 2.09. The van der Waals surface area contributed by atoms with Crippen LogP contribution in [0.2, 0.25) is 0 Å². The molecule has 2 amide bonds. The summed E-state index contributed by atoms with van der Waals surface area (Å²) in [6.07, 6.45) is 5.02. The van der Waals surface area contributed by atoms with Crippen molar-refractivity contribution in [2.45, 2.75) is 57.5 Å². The van der Waals surface area contributed by atoms with Crippen molar-refractivity contribution in [1.29, 1.82) is 0 Å². The zero-order valence-electron chi connectivity index (χ0n) is 15.0. The number of hydrogen-bond acceptors (Lipinski definition) is 3. The number of benzene rings is 1. The van der Waals surface area contributed by atoms with Crippen molar-refractivity contribution in [2.75, 3.05) is 13.1 Å². The van der Waals surface area contributed by atoms with Crippen molar-refractivity contribution < 1.29 is 19.5 Å². The normalized spacial score (nSPS) is 20.5. The van der Waals surface area contributed by atoms with Crippen LogP contribution in [0.25, 0.3) is 0 Å². The molecule has 0 aliphatic carbocycles. The predicted molar refractivity (Wildman–Crippen MR) is 96.6 cm³/mol. The lowest BCUT2D eigenvalue weighted by molar-refractivity contribution is -0.137. The second-order valence-electron chi connectivity index (χ2n) is 7.20. The molecular formula is C20H26N2O4. The highest BCUT2D eigenvalue weighted by atomic mass is 16.4. The van der Waals surface area contributed by atoms with Gasteiger partial charge in [0, 0.05) is 44.1 Å². The second kappa shape index (κ2) is 8.34. The summed E-state index contributed by atoms with van der Waals surface area (Å²) in [5.74, 6) is -0.646. The SMILES string of the molecule is O=C(O)CCC1CCCCN1C(=O)c1ccc(CN2CCCC2=O)cc1. The first-order chi connectivity index (χ1) is 12.5. The molecule has 0 bridgehead atoms. The van der Waals surface area contributed by atoms with E-state index in [0.29, 0.717) is 31.5 Å². The van der Waals surface area contributed by atoms with Crippen LogP contribution in [0.4, 0.5) is 0 Å². The molecule has 1 aromatic carbocycles. The van der Waals surface area contributed by atoms with Crippen molar-refractivity contribution in [3.63, 3.8) is 0 Å². The molecule has 0 radical (unpaired) electrons. The molecule has 0 aromatic heterocycles. The van der Waals surface area contributed by atoms with E-state index >= 15 is 0 Å². The highest BCUT2D eigenvalue weighted by Crippen LogP contribution is 2.23. The summed E-state index contributed by atoms with van der Waals surface area (Å²) < 4.78 is 0. The number of likely N-dealkylation sites (tertiary alicyclic amines) is 2. The molecule has 26 heavy (non-hydrogen) atoms. The molecule has 140 valence electrons. The van der Waals surface area contributed by atoms with Gasteiger partial charge in [0.2, 0.25) is 5.91 Å². The number of carbonyl (C=O) groups excluding carboxylic acids is 2. The van der Waals surface area contributed by atoms with E-state index in [0.717, 1.165) is 37.8 Å². The van der Waals surface area contributed by atoms with Gasteiger partial charge in [-0.05, 0) is 49.8 Å². The van der Waals surface area contributed by atoms with Crippen LogP contribution in [-0.2, 0) is 16.1 Å². The molecule has 6 nitrogen and oxygen atoms in total. The molecule has 2 aliphatic heterocycles. The number of aliphatic carboxylic acids is 1. The highest BCUT2D eigenvalue weighted by Gasteiger charge is 2.28. The molecule has 2 saturated heterocycles. The Hall–Kier alpha value is -2.37. The average molecular weight is 358 g/mol. The number of amides is 2. The molecule has 2 heterocycles. The number of hydrogen-bond donors (Lipinski definition) is 1. The van der Waals surface area contributed by atoms with E-state index in [1.165, 1.54) is 0 Å². The van der Waals surface area contributed by atoms with E-state index in [1.807, 2.05) is 34.1 Å². The summed E-state index contributed by atoms with van der Waals surface area (Å²) in [5, 5.41) is 8.92. The smallest absolute Gasteiger partial charge is 0.303 e. The largest absolute Gasteiger partial charge is 0.481 e. The first-order valence-corrected chi connectivity index (χ1v) is 9.44. The van der Waals surface area contributed by atoms with Gasteiger partial charge in [-0.1, -0.05) is 12.1 Å². The topological polar surface area (TPSA) is 77.9 Å². The molecule has 2 aliphatic rings. The zero-order chi connectivity index (χ0) is 18.5. The highest BCUT2D eigenvalue weighted by molar-refractivity contribution is 5.94. The summed E-state index contributed by atoms with van der Waals surface area (Å²) in [7, 11) is 0. The maximum atomic E-state index is 12.9. The van der Waals surface area contributed by atoms with Crippen LogP contribution < -0.4 is 0 Å². The Kier molecular flexibility index (Phi) is 5.91. The molecule has 1 atom stereocenters. The van der Waals surface area contributed by atoms with Gasteiger partial charge in [-0.3, -0.25) is 14.4 Å². The van der Waals surface area contributed by atoms with Crippen molar-refractivity contribution >= 4 is 17.8 Å². The zero-order valence-corrected chi connectivity index (χ0v) is 15.0. The van der Waals surface area contributed by atoms with Gasteiger partial charge in [-0.25, -0.2) is 0 Å². The first kappa shape index (κ1) is 18.4. The van der Waals surface area contributed by atoms with E-state index in [4.69, 9.17) is 5.11 Å². The molecule has 0 spiro atoms. The van der Waals surface area contributed by atoms with E-state index < -0.39 is 5.97 Å². The predicted octanol–water partition coefficient (Wildman–Crippen LogP) is 2.67. The van der Waals surface area contributed by atoms with Crippen LogP contribution in [0, 0.1) is 0 Å². The molecular weight excluding hydrogens is 332 g/mol. The summed E-state index contributed by atoms with van der Waals surface area (Å²) in [5.41, 5.74) is 1.65. The Labute approximate surface area is 153 Å². The van der Waals surface area contributed by atoms with Crippen LogP contribution in [0.5, 0.6) is 0 Å². The van der Waals surface area contributed by atoms with Gasteiger partial charge in [0.15, 0.2) is 0 Å². The number of carboxylic acids is 1. The monoisotopic (exact) mass is 358 g/mol. The fraction of sp³-hybridized carbons (Fsp3) is 0.550. The minimum absolute atomic E-state index is 0.00856. The van der Waals surface area contributed by atoms with Crippen molar-refractivity contribution in [3.8, 4) is 0 Å². The number of nitrogens with zero attached hydrogens (tertiary/aromatic N) is 2. The van der Waals surface area contributed by atoms with E-state index in [9.17, 15) is 14.4 Å². The number of piperidine rings is 1. The first-order valence-electron chi connectivity index (χ1n) is 9.44. The van der Waals surface area contributed by atoms with Gasteiger partial charge in [-0.2, -0.15) is 0 Å². The fourth-order valence-corrected chi connectivity index (χ4v) is 3.87. The minimum Gasteiger partial charge on any atom is -0.481 e. The number of carbonyl (C=O) groups is 3. The average Bonchev–Trinajstić information content (AvgIpc) is 3.05. The third-order valence-corrected chi connectivity index (χ3v) is 5.33. The molecule has 0 saturated carbocycles. The molecule has 1 N–H and O–H groups in total. The molecule has 2 fully saturated rings. The summed E-state index contributed by atoms with van der Waals surface area (Å²) in [4.78, 5) is 39.2. The van der Waals surface area contributed by atoms with Gasteiger partial charge >= 0.3 is 5.97 Å². The Morgan fingerprint density at radius 3 is 2.50 bits per heavy atom. The van der Waals surface area contributed by atoms with Crippen LogP contribution >= 0.6 is 0 Å². The Morgan fingerprint density at radius 2 is 1.85 bits per heavy atom. The van der Waals surface area contributed by atoms with Crippen LogP contribution in [-0.4, -0.2) is 51.8 Å². The van der Waals surface area contributed by atoms with E-state index in [2.05, 4.69) is 0 Å². The lowest BCUT2D eigenvalue weighted by Gasteiger charge is -2.35. The van der Waals surface area contributed by atoms with E-state index in [-0.39, 0.29) is 24.3 Å². The summed E-state index contributed by atoms with van der Waals surface area (Å²) >= 11 is 0. The molecule has 3 rings (SSSR count). The fourth-order valence-electron chi connectivity index (χ4n) is 3.87. The van der Waals surface area contributed by atoms with Gasteiger partial charge in [0.25, 0.3) is 5.91 Å². The van der Waals surface area contributed by atoms with Crippen molar-refractivity contribution in [3.05, 3.63) is 35.4 Å². The maximum Gasteiger partial charge on any atom is 0.303 e. The van der Waals surface area contributed by atoms with Crippen LogP contribution in [0.3, 0.4) is 0 Å². The maximum absolute atomic E-state index is 12.9. The number of carboxylic acid groups (broad SMARTS) is 1. The standard InChI is InChI=1S/C20H26N2O4/c23-18-5-3-12-21(18)14-15-6-8-16(9-7-15)20(26)22-13-2-1-4-17(22)10-11-19(24)25/h6-9,17H,1-5,10-14H2,(H,24,25). The Bertz CT molecular complexity index is 671. The summed E-state index contributed by atoms with van der Waals surface area (Å²) in [6, 6.07) is 7.47. The second-order valence-corrected chi connectivity index (χ2v) is 7.20. The van der Waals surface area contributed by atoms with Crippen LogP contribution in [0.15, 0.2) is 24.3 Å². The van der Waals surface area contributed by atoms with Gasteiger partial charge in [0.1, 0.15) is 0 Å². The van der Waals surface area contributed by atoms with Crippen molar-refractivity contribution in [1.82, 2.24) is 9.80 Å². The van der Waals surface area contributed by atoms with Gasteiger partial charge in [-0.15, -0.1) is 0 Å². The lowest BCUT2D eigenvalue weighted by atomic mass is 9.96. The molecule has 1 unspecified atom stereocenters. The van der Waals surface area contributed by atoms with Crippen LogP contribution in [0.1, 0.15) is 60.9 Å².